The molecule has 0 amide bonds. The summed E-state index contributed by atoms with van der Waals surface area (Å²) in [7, 11) is 0. The van der Waals surface area contributed by atoms with Crippen LogP contribution in [0.1, 0.15) is 30.2 Å². The molecule has 4 heteroatoms. The average molecular weight is 248 g/mol. The molecule has 0 radical (unpaired) electrons. The van der Waals surface area contributed by atoms with Gasteiger partial charge in [-0.25, -0.2) is 9.97 Å². The Hall–Kier alpha value is -1.48. The quantitative estimate of drug-likeness (QED) is 0.780. The zero-order valence-electron chi connectivity index (χ0n) is 9.73. The van der Waals surface area contributed by atoms with Crippen LogP contribution in [0.3, 0.4) is 0 Å². The Morgan fingerprint density at radius 1 is 1.29 bits per heavy atom. The molecule has 0 unspecified atom stereocenters. The Bertz CT molecular complexity index is 485. The van der Waals surface area contributed by atoms with E-state index >= 15 is 0 Å². The zero-order valence-corrected chi connectivity index (χ0v) is 10.5. The van der Waals surface area contributed by atoms with Crippen LogP contribution in [0, 0.1) is 0 Å². The maximum atomic E-state index is 6.11. The van der Waals surface area contributed by atoms with E-state index in [0.717, 1.165) is 36.1 Å². The van der Waals surface area contributed by atoms with E-state index in [9.17, 15) is 0 Å². The van der Waals surface area contributed by atoms with E-state index < -0.39 is 0 Å². The van der Waals surface area contributed by atoms with Crippen molar-refractivity contribution in [3.8, 4) is 0 Å². The van der Waals surface area contributed by atoms with Crippen LogP contribution in [0.5, 0.6) is 0 Å². The molecule has 2 rings (SSSR count). The number of hydrogen-bond donors (Lipinski definition) is 0. The van der Waals surface area contributed by atoms with Crippen LogP contribution < -0.4 is 0 Å². The number of hydrogen-bond acceptors (Lipinski definition) is 3. The van der Waals surface area contributed by atoms with Gasteiger partial charge in [-0.05, 0) is 18.1 Å². The third kappa shape index (κ3) is 3.01. The second-order valence-corrected chi connectivity index (χ2v) is 4.24. The number of rotatable bonds is 4. The molecule has 88 valence electrons. The van der Waals surface area contributed by atoms with Crippen LogP contribution in [-0.2, 0) is 12.8 Å². The standard InChI is InChI=1S/C13H14ClN3/c1-2-4-11-12(16-9-17-13(11)14)7-10-5-3-6-15-8-10/h3,5-6,8-9H,2,4,7H2,1H3. The van der Waals surface area contributed by atoms with Gasteiger partial charge in [-0.15, -0.1) is 0 Å². The van der Waals surface area contributed by atoms with E-state index in [1.54, 1.807) is 6.20 Å². The molecule has 0 aliphatic rings. The molecule has 17 heavy (non-hydrogen) atoms. The summed E-state index contributed by atoms with van der Waals surface area (Å²) in [6.45, 7) is 2.12. The molecule has 0 fully saturated rings. The highest BCUT2D eigenvalue weighted by molar-refractivity contribution is 6.30. The lowest BCUT2D eigenvalue weighted by Crippen LogP contribution is -2.02. The Morgan fingerprint density at radius 2 is 2.18 bits per heavy atom. The van der Waals surface area contributed by atoms with Gasteiger partial charge in [0.15, 0.2) is 0 Å². The molecule has 0 aliphatic carbocycles. The highest BCUT2D eigenvalue weighted by atomic mass is 35.5. The Balaban J connectivity index is 2.29. The molecular formula is C13H14ClN3. The molecule has 3 nitrogen and oxygen atoms in total. The Morgan fingerprint density at radius 3 is 2.88 bits per heavy atom. The van der Waals surface area contributed by atoms with E-state index in [1.807, 2.05) is 18.3 Å². The Kier molecular flexibility index (Phi) is 4.04. The fourth-order valence-corrected chi connectivity index (χ4v) is 2.02. The van der Waals surface area contributed by atoms with E-state index in [0.29, 0.717) is 5.15 Å². The first kappa shape index (κ1) is 12.0. The molecule has 2 aromatic rings. The van der Waals surface area contributed by atoms with Crippen molar-refractivity contribution in [2.24, 2.45) is 0 Å². The first-order valence-electron chi connectivity index (χ1n) is 5.68. The van der Waals surface area contributed by atoms with Gasteiger partial charge >= 0.3 is 0 Å². The summed E-state index contributed by atoms with van der Waals surface area (Å²) in [5.41, 5.74) is 3.19. The first-order valence-corrected chi connectivity index (χ1v) is 6.06. The van der Waals surface area contributed by atoms with Crippen molar-refractivity contribution in [1.29, 1.82) is 0 Å². The SMILES string of the molecule is CCCc1c(Cl)ncnc1Cc1cccnc1. The number of nitrogens with zero attached hydrogens (tertiary/aromatic N) is 3. The van der Waals surface area contributed by atoms with Crippen LogP contribution in [0.15, 0.2) is 30.9 Å². The summed E-state index contributed by atoms with van der Waals surface area (Å²) < 4.78 is 0. The van der Waals surface area contributed by atoms with Gasteiger partial charge in [0.2, 0.25) is 0 Å². The van der Waals surface area contributed by atoms with Crippen LogP contribution in [-0.4, -0.2) is 15.0 Å². The maximum Gasteiger partial charge on any atom is 0.135 e. The van der Waals surface area contributed by atoms with Gasteiger partial charge < -0.3 is 0 Å². The molecule has 0 aromatic carbocycles. The minimum Gasteiger partial charge on any atom is -0.264 e. The first-order chi connectivity index (χ1) is 8.31. The average Bonchev–Trinajstić information content (AvgIpc) is 2.35. The smallest absolute Gasteiger partial charge is 0.135 e. The fourth-order valence-electron chi connectivity index (χ4n) is 1.77. The van der Waals surface area contributed by atoms with E-state index in [2.05, 4.69) is 21.9 Å². The predicted molar refractivity (Wildman–Crippen MR) is 68.1 cm³/mol. The summed E-state index contributed by atoms with van der Waals surface area (Å²) in [6, 6.07) is 3.97. The molecule has 0 N–H and O–H groups in total. The van der Waals surface area contributed by atoms with Crippen molar-refractivity contribution in [3.05, 3.63) is 52.8 Å². The summed E-state index contributed by atoms with van der Waals surface area (Å²) in [5, 5.41) is 0.570. The van der Waals surface area contributed by atoms with Crippen molar-refractivity contribution in [1.82, 2.24) is 15.0 Å². The summed E-state index contributed by atoms with van der Waals surface area (Å²) in [5.74, 6) is 0. The second-order valence-electron chi connectivity index (χ2n) is 3.88. The van der Waals surface area contributed by atoms with Crippen molar-refractivity contribution in [2.75, 3.05) is 0 Å². The predicted octanol–water partition coefficient (Wildman–Crippen LogP) is 3.07. The third-order valence-electron chi connectivity index (χ3n) is 2.58. The maximum absolute atomic E-state index is 6.11. The van der Waals surface area contributed by atoms with Crippen molar-refractivity contribution in [3.63, 3.8) is 0 Å². The minimum atomic E-state index is 0.570. The molecule has 0 aliphatic heterocycles. The largest absolute Gasteiger partial charge is 0.264 e. The molecule has 0 spiro atoms. The molecule has 0 atom stereocenters. The Labute approximate surface area is 106 Å². The van der Waals surface area contributed by atoms with Gasteiger partial charge in [0, 0.05) is 24.4 Å². The van der Waals surface area contributed by atoms with Gasteiger partial charge in [0.25, 0.3) is 0 Å². The van der Waals surface area contributed by atoms with Gasteiger partial charge in [-0.1, -0.05) is 31.0 Å². The normalized spacial score (nSPS) is 10.5. The van der Waals surface area contributed by atoms with Gasteiger partial charge in [-0.3, -0.25) is 4.98 Å². The van der Waals surface area contributed by atoms with Crippen LogP contribution in [0.4, 0.5) is 0 Å². The summed E-state index contributed by atoms with van der Waals surface area (Å²) in [4.78, 5) is 12.5. The van der Waals surface area contributed by atoms with E-state index in [4.69, 9.17) is 11.6 Å². The van der Waals surface area contributed by atoms with E-state index in [-0.39, 0.29) is 0 Å². The van der Waals surface area contributed by atoms with Crippen LogP contribution in [0.25, 0.3) is 0 Å². The van der Waals surface area contributed by atoms with Gasteiger partial charge in [0.05, 0.1) is 5.69 Å². The zero-order chi connectivity index (χ0) is 12.1. The molecule has 2 heterocycles. The molecule has 0 saturated heterocycles. The number of pyridine rings is 1. The lowest BCUT2D eigenvalue weighted by Gasteiger charge is -2.08. The molecule has 0 saturated carbocycles. The lowest BCUT2D eigenvalue weighted by molar-refractivity contribution is 0.865. The lowest BCUT2D eigenvalue weighted by atomic mass is 10.0. The third-order valence-corrected chi connectivity index (χ3v) is 2.90. The molecule has 0 bridgehead atoms. The van der Waals surface area contributed by atoms with E-state index in [1.165, 1.54) is 6.33 Å². The van der Waals surface area contributed by atoms with Crippen LogP contribution in [0.2, 0.25) is 5.15 Å². The highest BCUT2D eigenvalue weighted by Gasteiger charge is 2.09. The number of halogens is 1. The fraction of sp³-hybridized carbons (Fsp3) is 0.308. The minimum absolute atomic E-state index is 0.570. The molecule has 2 aromatic heterocycles. The van der Waals surface area contributed by atoms with Gasteiger partial charge in [0.1, 0.15) is 11.5 Å². The van der Waals surface area contributed by atoms with Gasteiger partial charge in [-0.2, -0.15) is 0 Å². The van der Waals surface area contributed by atoms with Crippen LogP contribution >= 0.6 is 11.6 Å². The topological polar surface area (TPSA) is 38.7 Å². The second kappa shape index (κ2) is 5.73. The van der Waals surface area contributed by atoms with Crippen molar-refractivity contribution >= 4 is 11.6 Å². The highest BCUT2D eigenvalue weighted by Crippen LogP contribution is 2.19. The molecular weight excluding hydrogens is 234 g/mol. The monoisotopic (exact) mass is 247 g/mol. The summed E-state index contributed by atoms with van der Waals surface area (Å²) >= 11 is 6.11. The summed E-state index contributed by atoms with van der Waals surface area (Å²) in [6.07, 6.45) is 7.84. The van der Waals surface area contributed by atoms with Crippen molar-refractivity contribution < 1.29 is 0 Å². The number of aromatic nitrogens is 3. The van der Waals surface area contributed by atoms with Crippen molar-refractivity contribution in [2.45, 2.75) is 26.2 Å².